The molecule has 2 fully saturated rings. The number of ketones is 1. The van der Waals surface area contributed by atoms with Gasteiger partial charge >= 0.3 is 0 Å². The third kappa shape index (κ3) is 2.45. The van der Waals surface area contributed by atoms with Gasteiger partial charge in [0, 0.05) is 25.5 Å². The minimum atomic E-state index is 0.329. The standard InChI is InChI=1S/C15H21ClN2O/c1-9-14(15(16)18(2)17-9)8-13(19)7-12-6-10-3-4-11(12)5-10/h10-12H,3-8H2,1-2H3. The maximum atomic E-state index is 12.3. The van der Waals surface area contributed by atoms with E-state index in [9.17, 15) is 4.79 Å². The largest absolute Gasteiger partial charge is 0.299 e. The summed E-state index contributed by atoms with van der Waals surface area (Å²) in [6.07, 6.45) is 6.57. The topological polar surface area (TPSA) is 34.9 Å². The van der Waals surface area contributed by atoms with E-state index in [0.29, 0.717) is 23.3 Å². The van der Waals surface area contributed by atoms with Crippen LogP contribution >= 0.6 is 11.6 Å². The van der Waals surface area contributed by atoms with E-state index in [2.05, 4.69) is 5.10 Å². The summed E-state index contributed by atoms with van der Waals surface area (Å²) in [7, 11) is 1.82. The Morgan fingerprint density at radius 1 is 1.42 bits per heavy atom. The molecule has 3 unspecified atom stereocenters. The summed E-state index contributed by atoms with van der Waals surface area (Å²) in [6.45, 7) is 1.92. The highest BCUT2D eigenvalue weighted by atomic mass is 35.5. The van der Waals surface area contributed by atoms with E-state index in [1.165, 1.54) is 25.7 Å². The monoisotopic (exact) mass is 280 g/mol. The van der Waals surface area contributed by atoms with Gasteiger partial charge in [-0.2, -0.15) is 5.10 Å². The molecule has 3 nitrogen and oxygen atoms in total. The summed E-state index contributed by atoms with van der Waals surface area (Å²) in [5.41, 5.74) is 1.80. The number of rotatable bonds is 4. The zero-order valence-electron chi connectivity index (χ0n) is 11.7. The average molecular weight is 281 g/mol. The number of halogens is 1. The maximum Gasteiger partial charge on any atom is 0.137 e. The number of aryl methyl sites for hydroxylation is 2. The highest BCUT2D eigenvalue weighted by Gasteiger charge is 2.40. The van der Waals surface area contributed by atoms with Gasteiger partial charge < -0.3 is 0 Å². The molecule has 0 saturated heterocycles. The van der Waals surface area contributed by atoms with E-state index in [1.807, 2.05) is 14.0 Å². The van der Waals surface area contributed by atoms with E-state index >= 15 is 0 Å². The van der Waals surface area contributed by atoms with Crippen molar-refractivity contribution in [3.63, 3.8) is 0 Å². The van der Waals surface area contributed by atoms with Gasteiger partial charge in [0.15, 0.2) is 0 Å². The van der Waals surface area contributed by atoms with Crippen molar-refractivity contribution in [2.75, 3.05) is 0 Å². The molecule has 1 aromatic rings. The number of nitrogens with zero attached hydrogens (tertiary/aromatic N) is 2. The van der Waals surface area contributed by atoms with Crippen molar-refractivity contribution in [2.24, 2.45) is 24.8 Å². The van der Waals surface area contributed by atoms with Crippen LogP contribution < -0.4 is 0 Å². The molecule has 3 atom stereocenters. The second kappa shape index (κ2) is 4.93. The Kier molecular flexibility index (Phi) is 3.42. The van der Waals surface area contributed by atoms with Crippen molar-refractivity contribution in [1.82, 2.24) is 9.78 Å². The van der Waals surface area contributed by atoms with E-state index in [0.717, 1.165) is 29.5 Å². The number of Topliss-reactive ketones (excluding diaryl/α,β-unsaturated/α-hetero) is 1. The van der Waals surface area contributed by atoms with E-state index in [1.54, 1.807) is 4.68 Å². The molecule has 0 spiro atoms. The molecule has 1 heterocycles. The third-order valence-electron chi connectivity index (χ3n) is 5.02. The Morgan fingerprint density at radius 3 is 2.74 bits per heavy atom. The van der Waals surface area contributed by atoms with Crippen molar-refractivity contribution >= 4 is 17.4 Å². The predicted molar refractivity (Wildman–Crippen MR) is 75.2 cm³/mol. The lowest BCUT2D eigenvalue weighted by atomic mass is 9.84. The highest BCUT2D eigenvalue weighted by Crippen LogP contribution is 2.49. The molecule has 2 aliphatic carbocycles. The van der Waals surface area contributed by atoms with Gasteiger partial charge in [-0.05, 0) is 43.9 Å². The van der Waals surface area contributed by atoms with Crippen LogP contribution in [0.4, 0.5) is 0 Å². The molecular weight excluding hydrogens is 260 g/mol. The molecule has 0 radical (unpaired) electrons. The van der Waals surface area contributed by atoms with Gasteiger partial charge in [-0.1, -0.05) is 18.0 Å². The van der Waals surface area contributed by atoms with E-state index in [-0.39, 0.29) is 0 Å². The molecule has 4 heteroatoms. The fraction of sp³-hybridized carbons (Fsp3) is 0.733. The summed E-state index contributed by atoms with van der Waals surface area (Å²) >= 11 is 6.19. The zero-order chi connectivity index (χ0) is 13.6. The van der Waals surface area contributed by atoms with Gasteiger partial charge in [0.2, 0.25) is 0 Å². The van der Waals surface area contributed by atoms with Gasteiger partial charge in [-0.3, -0.25) is 9.48 Å². The fourth-order valence-electron chi connectivity index (χ4n) is 4.06. The highest BCUT2D eigenvalue weighted by molar-refractivity contribution is 6.30. The van der Waals surface area contributed by atoms with Crippen molar-refractivity contribution < 1.29 is 4.79 Å². The molecule has 2 saturated carbocycles. The molecule has 3 rings (SSSR count). The number of aromatic nitrogens is 2. The van der Waals surface area contributed by atoms with Crippen LogP contribution in [0.1, 0.15) is 43.4 Å². The van der Waals surface area contributed by atoms with Crippen LogP contribution in [0.5, 0.6) is 0 Å². The number of fused-ring (bicyclic) bond motifs is 2. The number of hydrogen-bond donors (Lipinski definition) is 0. The molecule has 19 heavy (non-hydrogen) atoms. The molecule has 0 aliphatic heterocycles. The number of hydrogen-bond acceptors (Lipinski definition) is 2. The van der Waals surface area contributed by atoms with Crippen molar-refractivity contribution in [2.45, 2.75) is 45.4 Å². The smallest absolute Gasteiger partial charge is 0.137 e. The molecule has 0 N–H and O–H groups in total. The number of carbonyl (C=O) groups is 1. The Balaban J connectivity index is 1.62. The minimum Gasteiger partial charge on any atom is -0.299 e. The first-order valence-electron chi connectivity index (χ1n) is 7.24. The Hall–Kier alpha value is -0.830. The minimum absolute atomic E-state index is 0.329. The van der Waals surface area contributed by atoms with Gasteiger partial charge in [0.1, 0.15) is 10.9 Å². The fourth-order valence-corrected chi connectivity index (χ4v) is 4.30. The van der Waals surface area contributed by atoms with Gasteiger partial charge in [0.25, 0.3) is 0 Å². The van der Waals surface area contributed by atoms with Crippen LogP contribution in [0.3, 0.4) is 0 Å². The molecule has 0 amide bonds. The zero-order valence-corrected chi connectivity index (χ0v) is 12.4. The lowest BCUT2D eigenvalue weighted by Crippen LogP contribution is -2.16. The van der Waals surface area contributed by atoms with Crippen LogP contribution in [0.2, 0.25) is 5.15 Å². The molecule has 2 aliphatic rings. The van der Waals surface area contributed by atoms with E-state index in [4.69, 9.17) is 11.6 Å². The summed E-state index contributed by atoms with van der Waals surface area (Å²) in [5.74, 6) is 2.70. The van der Waals surface area contributed by atoms with E-state index < -0.39 is 0 Å². The van der Waals surface area contributed by atoms with Crippen LogP contribution in [0.25, 0.3) is 0 Å². The van der Waals surface area contributed by atoms with Gasteiger partial charge in [-0.25, -0.2) is 0 Å². The third-order valence-corrected chi connectivity index (χ3v) is 5.49. The van der Waals surface area contributed by atoms with Crippen molar-refractivity contribution in [3.8, 4) is 0 Å². The van der Waals surface area contributed by atoms with Gasteiger partial charge in [-0.15, -0.1) is 0 Å². The van der Waals surface area contributed by atoms with Crippen LogP contribution in [-0.2, 0) is 18.3 Å². The second-order valence-electron chi connectivity index (χ2n) is 6.33. The normalized spacial score (nSPS) is 29.1. The number of carbonyl (C=O) groups excluding carboxylic acids is 1. The van der Waals surface area contributed by atoms with Gasteiger partial charge in [0.05, 0.1) is 5.69 Å². The molecule has 104 valence electrons. The summed E-state index contributed by atoms with van der Waals surface area (Å²) in [4.78, 5) is 12.3. The first-order valence-corrected chi connectivity index (χ1v) is 7.62. The molecule has 1 aromatic heterocycles. The molecule has 0 aromatic carbocycles. The summed E-state index contributed by atoms with van der Waals surface area (Å²) in [5, 5.41) is 4.88. The molecule has 2 bridgehead atoms. The first-order chi connectivity index (χ1) is 9.04. The second-order valence-corrected chi connectivity index (χ2v) is 6.69. The lowest BCUT2D eigenvalue weighted by Gasteiger charge is -2.20. The lowest BCUT2D eigenvalue weighted by molar-refractivity contribution is -0.119. The van der Waals surface area contributed by atoms with Crippen molar-refractivity contribution in [3.05, 3.63) is 16.4 Å². The SMILES string of the molecule is Cc1nn(C)c(Cl)c1CC(=O)CC1CC2CCC1C2. The first kappa shape index (κ1) is 13.2. The predicted octanol–water partition coefficient (Wildman–Crippen LogP) is 3.32. The van der Waals surface area contributed by atoms with Crippen LogP contribution in [-0.4, -0.2) is 15.6 Å². The molecular formula is C15H21ClN2O. The quantitative estimate of drug-likeness (QED) is 0.848. The Labute approximate surface area is 119 Å². The summed E-state index contributed by atoms with van der Waals surface area (Å²) < 4.78 is 1.65. The Morgan fingerprint density at radius 2 is 2.21 bits per heavy atom. The van der Waals surface area contributed by atoms with Crippen molar-refractivity contribution in [1.29, 1.82) is 0 Å². The maximum absolute atomic E-state index is 12.3. The van der Waals surface area contributed by atoms with Crippen LogP contribution in [0.15, 0.2) is 0 Å². The Bertz CT molecular complexity index is 508. The average Bonchev–Trinajstić information content (AvgIpc) is 3.01. The summed E-state index contributed by atoms with van der Waals surface area (Å²) in [6, 6.07) is 0. The van der Waals surface area contributed by atoms with Crippen LogP contribution in [0, 0.1) is 24.7 Å².